The van der Waals surface area contributed by atoms with Crippen molar-refractivity contribution in [1.82, 2.24) is 4.90 Å². The van der Waals surface area contributed by atoms with Crippen molar-refractivity contribution in [3.05, 3.63) is 28.8 Å². The van der Waals surface area contributed by atoms with Crippen LogP contribution in [0.5, 0.6) is 0 Å². The minimum atomic E-state index is -1.10. The van der Waals surface area contributed by atoms with E-state index in [9.17, 15) is 9.59 Å². The molecule has 0 aliphatic carbocycles. The van der Waals surface area contributed by atoms with Crippen molar-refractivity contribution >= 4 is 29.3 Å². The second kappa shape index (κ2) is 6.43. The summed E-state index contributed by atoms with van der Waals surface area (Å²) < 4.78 is 5.15. The Labute approximate surface area is 125 Å². The Morgan fingerprint density at radius 2 is 2.29 bits per heavy atom. The molecule has 21 heavy (non-hydrogen) atoms. The molecule has 110 valence electrons. The van der Waals surface area contributed by atoms with Crippen LogP contribution in [0.15, 0.2) is 18.2 Å². The Morgan fingerprint density at radius 1 is 1.52 bits per heavy atom. The Kier molecular flexibility index (Phi) is 4.62. The van der Waals surface area contributed by atoms with Gasteiger partial charge in [-0.15, -0.1) is 0 Å². The molecule has 0 spiro atoms. The van der Waals surface area contributed by atoms with Crippen LogP contribution in [0.25, 0.3) is 0 Å². The molecule has 2 rings (SSSR count). The topological polar surface area (TPSA) is 103 Å². The molecule has 1 aliphatic heterocycles. The molecule has 0 saturated carbocycles. The number of carbonyl (C=O) groups is 2. The average molecular weight is 310 g/mol. The van der Waals surface area contributed by atoms with Gasteiger partial charge in [0.2, 0.25) is 0 Å². The van der Waals surface area contributed by atoms with Gasteiger partial charge in [0.25, 0.3) is 0 Å². The molecule has 0 bridgehead atoms. The molecule has 1 aromatic carbocycles. The third kappa shape index (κ3) is 3.62. The lowest BCUT2D eigenvalue weighted by molar-refractivity contribution is 0.0181. The maximum Gasteiger partial charge on any atom is 0.335 e. The number of hydrogen-bond acceptors (Lipinski definition) is 4. The van der Waals surface area contributed by atoms with E-state index < -0.39 is 18.1 Å². The number of urea groups is 1. The van der Waals surface area contributed by atoms with Crippen LogP contribution in [0.3, 0.4) is 0 Å². The van der Waals surface area contributed by atoms with Gasteiger partial charge in [-0.3, -0.25) is 0 Å². The number of nitrogens with zero attached hydrogens (tertiary/aromatic N) is 2. The van der Waals surface area contributed by atoms with Crippen LogP contribution in [-0.4, -0.2) is 47.8 Å². The van der Waals surface area contributed by atoms with Crippen LogP contribution in [0, 0.1) is 11.3 Å². The molecule has 1 saturated heterocycles. The van der Waals surface area contributed by atoms with Crippen molar-refractivity contribution in [2.24, 2.45) is 0 Å². The van der Waals surface area contributed by atoms with Crippen molar-refractivity contribution in [1.29, 1.82) is 5.26 Å². The van der Waals surface area contributed by atoms with Gasteiger partial charge in [0.1, 0.15) is 0 Å². The van der Waals surface area contributed by atoms with Gasteiger partial charge in [0, 0.05) is 6.54 Å². The zero-order chi connectivity index (χ0) is 15.4. The summed E-state index contributed by atoms with van der Waals surface area (Å²) in [6, 6.07) is 5.57. The number of ether oxygens (including phenoxy) is 1. The number of nitriles is 1. The van der Waals surface area contributed by atoms with E-state index in [2.05, 4.69) is 5.32 Å². The molecule has 0 aromatic heterocycles. The van der Waals surface area contributed by atoms with Crippen molar-refractivity contribution in [3.8, 4) is 6.07 Å². The first-order valence-corrected chi connectivity index (χ1v) is 6.49. The van der Waals surface area contributed by atoms with E-state index in [0.717, 1.165) is 0 Å². The van der Waals surface area contributed by atoms with Gasteiger partial charge in [0.05, 0.1) is 35.5 Å². The van der Waals surface area contributed by atoms with Gasteiger partial charge < -0.3 is 20.1 Å². The number of carbonyl (C=O) groups excluding carboxylic acids is 1. The van der Waals surface area contributed by atoms with E-state index >= 15 is 0 Å². The van der Waals surface area contributed by atoms with E-state index in [0.29, 0.717) is 12.2 Å². The second-order valence-corrected chi connectivity index (χ2v) is 4.77. The van der Waals surface area contributed by atoms with Gasteiger partial charge in [-0.2, -0.15) is 5.26 Å². The number of carboxylic acids is 1. The molecule has 1 unspecified atom stereocenters. The number of nitrogens with one attached hydrogen (secondary N) is 1. The summed E-state index contributed by atoms with van der Waals surface area (Å²) in [5.74, 6) is -1.10. The molecule has 7 nitrogen and oxygen atoms in total. The van der Waals surface area contributed by atoms with Crippen LogP contribution in [0.2, 0.25) is 5.02 Å². The van der Waals surface area contributed by atoms with Gasteiger partial charge in [-0.1, -0.05) is 11.6 Å². The van der Waals surface area contributed by atoms with Crippen molar-refractivity contribution < 1.29 is 19.4 Å². The number of carboxylic acid groups (broad SMARTS) is 1. The zero-order valence-corrected chi connectivity index (χ0v) is 11.6. The molecule has 2 amide bonds. The highest BCUT2D eigenvalue weighted by Gasteiger charge is 2.24. The van der Waals surface area contributed by atoms with Crippen LogP contribution < -0.4 is 5.32 Å². The fourth-order valence-corrected chi connectivity index (χ4v) is 2.08. The number of hydrogen-bond donors (Lipinski definition) is 2. The SMILES string of the molecule is N#CC1CN(C(=O)Nc2ccc(C(=O)O)cc2Cl)CCO1. The molecule has 1 aliphatic rings. The molecular weight excluding hydrogens is 298 g/mol. The van der Waals surface area contributed by atoms with Crippen LogP contribution in [-0.2, 0) is 4.74 Å². The summed E-state index contributed by atoms with van der Waals surface area (Å²) in [4.78, 5) is 24.3. The summed E-state index contributed by atoms with van der Waals surface area (Å²) in [6.45, 7) is 0.833. The lowest BCUT2D eigenvalue weighted by Crippen LogP contribution is -2.46. The monoisotopic (exact) mass is 309 g/mol. The number of benzene rings is 1. The highest BCUT2D eigenvalue weighted by atomic mass is 35.5. The molecule has 1 aromatic rings. The van der Waals surface area contributed by atoms with E-state index in [4.69, 9.17) is 26.7 Å². The first-order valence-electron chi connectivity index (χ1n) is 6.11. The molecule has 8 heteroatoms. The van der Waals surface area contributed by atoms with Crippen LogP contribution >= 0.6 is 11.6 Å². The molecule has 0 radical (unpaired) electrons. The van der Waals surface area contributed by atoms with E-state index in [1.165, 1.54) is 23.1 Å². The Morgan fingerprint density at radius 3 is 2.90 bits per heavy atom. The maximum atomic E-state index is 12.1. The largest absolute Gasteiger partial charge is 0.478 e. The minimum absolute atomic E-state index is 0.0360. The number of anilines is 1. The van der Waals surface area contributed by atoms with E-state index in [1.54, 1.807) is 0 Å². The lowest BCUT2D eigenvalue weighted by atomic mass is 10.2. The molecular formula is C13H12ClN3O4. The number of aromatic carboxylic acids is 1. The first kappa shape index (κ1) is 15.1. The Balaban J connectivity index is 2.06. The average Bonchev–Trinajstić information content (AvgIpc) is 2.49. The van der Waals surface area contributed by atoms with Crippen molar-refractivity contribution in [3.63, 3.8) is 0 Å². The summed E-state index contributed by atoms with van der Waals surface area (Å²) in [7, 11) is 0. The molecule has 1 heterocycles. The number of morpholine rings is 1. The first-order chi connectivity index (χ1) is 10.0. The fraction of sp³-hybridized carbons (Fsp3) is 0.308. The number of halogens is 1. The second-order valence-electron chi connectivity index (χ2n) is 4.36. The molecule has 1 atom stereocenters. The molecule has 2 N–H and O–H groups in total. The van der Waals surface area contributed by atoms with Crippen molar-refractivity contribution in [2.45, 2.75) is 6.10 Å². The smallest absolute Gasteiger partial charge is 0.335 e. The van der Waals surface area contributed by atoms with Crippen LogP contribution in [0.1, 0.15) is 10.4 Å². The van der Waals surface area contributed by atoms with Gasteiger partial charge in [0.15, 0.2) is 6.10 Å². The zero-order valence-electron chi connectivity index (χ0n) is 10.9. The molecule has 1 fully saturated rings. The van der Waals surface area contributed by atoms with Gasteiger partial charge >= 0.3 is 12.0 Å². The third-order valence-electron chi connectivity index (χ3n) is 2.96. The van der Waals surface area contributed by atoms with Crippen LogP contribution in [0.4, 0.5) is 10.5 Å². The Hall–Kier alpha value is -2.30. The standard InChI is InChI=1S/C13H12ClN3O4/c14-10-5-8(12(18)19)1-2-11(10)16-13(20)17-3-4-21-9(6-15)7-17/h1-2,5,9H,3-4,7H2,(H,16,20)(H,18,19). The van der Waals surface area contributed by atoms with Gasteiger partial charge in [-0.05, 0) is 18.2 Å². The van der Waals surface area contributed by atoms with E-state index in [-0.39, 0.29) is 23.7 Å². The predicted molar refractivity (Wildman–Crippen MR) is 74.4 cm³/mol. The van der Waals surface area contributed by atoms with E-state index in [1.807, 2.05) is 6.07 Å². The summed E-state index contributed by atoms with van der Waals surface area (Å²) in [6.07, 6.45) is -0.644. The minimum Gasteiger partial charge on any atom is -0.478 e. The maximum absolute atomic E-state index is 12.1. The summed E-state index contributed by atoms with van der Waals surface area (Å²) >= 11 is 5.94. The third-order valence-corrected chi connectivity index (χ3v) is 3.27. The highest BCUT2D eigenvalue weighted by Crippen LogP contribution is 2.23. The fourth-order valence-electron chi connectivity index (χ4n) is 1.86. The van der Waals surface area contributed by atoms with Crippen molar-refractivity contribution in [2.75, 3.05) is 25.0 Å². The number of rotatable bonds is 2. The summed E-state index contributed by atoms with van der Waals surface area (Å²) in [5, 5.41) is 20.4. The lowest BCUT2D eigenvalue weighted by Gasteiger charge is -2.29. The predicted octanol–water partition coefficient (Wildman–Crippen LogP) is 1.79. The Bertz CT molecular complexity index is 614. The van der Waals surface area contributed by atoms with Gasteiger partial charge in [-0.25, -0.2) is 9.59 Å². The highest BCUT2D eigenvalue weighted by molar-refractivity contribution is 6.34. The number of amides is 2. The normalized spacial score (nSPS) is 17.9. The summed E-state index contributed by atoms with van der Waals surface area (Å²) in [5.41, 5.74) is 0.348. The quantitative estimate of drug-likeness (QED) is 0.867.